The summed E-state index contributed by atoms with van der Waals surface area (Å²) in [6, 6.07) is 3.18. The van der Waals surface area contributed by atoms with E-state index in [0.29, 0.717) is 6.54 Å². The lowest BCUT2D eigenvalue weighted by Crippen LogP contribution is -2.37. The van der Waals surface area contributed by atoms with Crippen LogP contribution in [-0.4, -0.2) is 30.3 Å². The Morgan fingerprint density at radius 3 is 2.37 bits per heavy atom. The van der Waals surface area contributed by atoms with Crippen molar-refractivity contribution < 1.29 is 18.4 Å². The monoisotopic (exact) mass is 270 g/mol. The van der Waals surface area contributed by atoms with Crippen LogP contribution in [0.3, 0.4) is 0 Å². The Bertz CT molecular complexity index is 457. The van der Waals surface area contributed by atoms with Gasteiger partial charge < -0.3 is 10.2 Å². The van der Waals surface area contributed by atoms with Gasteiger partial charge in [0.15, 0.2) is 0 Å². The molecule has 1 N–H and O–H groups in total. The van der Waals surface area contributed by atoms with Crippen LogP contribution in [0.4, 0.5) is 14.5 Å². The molecule has 0 aromatic heterocycles. The molecule has 0 unspecified atom stereocenters. The molecule has 4 nitrogen and oxygen atoms in total. The van der Waals surface area contributed by atoms with Crippen LogP contribution in [0.25, 0.3) is 0 Å². The van der Waals surface area contributed by atoms with E-state index in [4.69, 9.17) is 0 Å². The van der Waals surface area contributed by atoms with Gasteiger partial charge in [-0.05, 0) is 18.6 Å². The number of hydrogen-bond acceptors (Lipinski definition) is 2. The number of benzene rings is 1. The van der Waals surface area contributed by atoms with Crippen molar-refractivity contribution in [3.63, 3.8) is 0 Å². The van der Waals surface area contributed by atoms with Gasteiger partial charge in [-0.1, -0.05) is 19.4 Å². The van der Waals surface area contributed by atoms with Crippen LogP contribution in [0.5, 0.6) is 0 Å². The number of carbonyl (C=O) groups is 2. The largest absolute Gasteiger partial charge is 0.338 e. The molecule has 6 heteroatoms. The summed E-state index contributed by atoms with van der Waals surface area (Å²) in [5.74, 6) is -3.71. The van der Waals surface area contributed by atoms with E-state index in [1.54, 1.807) is 0 Å². The van der Waals surface area contributed by atoms with Crippen LogP contribution in [0, 0.1) is 11.6 Å². The first-order valence-corrected chi connectivity index (χ1v) is 5.97. The molecule has 0 fully saturated rings. The minimum absolute atomic E-state index is 0.419. The van der Waals surface area contributed by atoms with Gasteiger partial charge in [-0.15, -0.1) is 0 Å². The normalized spacial score (nSPS) is 10.1. The zero-order valence-corrected chi connectivity index (χ0v) is 10.9. The molecular weight excluding hydrogens is 254 g/mol. The lowest BCUT2D eigenvalue weighted by atomic mass is 10.2. The molecule has 1 aromatic rings. The molecule has 0 aliphatic heterocycles. The van der Waals surface area contributed by atoms with Crippen molar-refractivity contribution >= 4 is 17.5 Å². The highest BCUT2D eigenvalue weighted by Crippen LogP contribution is 2.17. The molecule has 2 amide bonds. The zero-order chi connectivity index (χ0) is 14.4. The maximum atomic E-state index is 13.3. The molecule has 0 radical (unpaired) electrons. The highest BCUT2D eigenvalue weighted by atomic mass is 19.1. The van der Waals surface area contributed by atoms with Crippen molar-refractivity contribution in [1.29, 1.82) is 0 Å². The summed E-state index contributed by atoms with van der Waals surface area (Å²) < 4.78 is 26.6. The van der Waals surface area contributed by atoms with E-state index in [1.165, 1.54) is 18.0 Å². The van der Waals surface area contributed by atoms with E-state index in [2.05, 4.69) is 0 Å². The summed E-state index contributed by atoms with van der Waals surface area (Å²) in [7, 11) is 1.47. The quantitative estimate of drug-likeness (QED) is 0.852. The predicted octanol–water partition coefficient (Wildman–Crippen LogP) is 2.16. The highest BCUT2D eigenvalue weighted by molar-refractivity contribution is 6.39. The van der Waals surface area contributed by atoms with Crippen LogP contribution in [0.2, 0.25) is 0 Å². The van der Waals surface area contributed by atoms with E-state index in [1.807, 2.05) is 12.2 Å². The Labute approximate surface area is 110 Å². The van der Waals surface area contributed by atoms with Crippen molar-refractivity contribution in [2.75, 3.05) is 18.9 Å². The number of carbonyl (C=O) groups excluding carboxylic acids is 2. The minimum atomic E-state index is -1.05. The van der Waals surface area contributed by atoms with Gasteiger partial charge >= 0.3 is 11.8 Å². The SMILES string of the molecule is CCCCN(C)C(=O)C(=O)Nc1c(F)cccc1F. The second kappa shape index (κ2) is 6.82. The fourth-order valence-electron chi connectivity index (χ4n) is 1.45. The summed E-state index contributed by atoms with van der Waals surface area (Å²) >= 11 is 0. The molecule has 1 rings (SSSR count). The van der Waals surface area contributed by atoms with Gasteiger partial charge in [-0.2, -0.15) is 0 Å². The lowest BCUT2D eigenvalue weighted by Gasteiger charge is -2.16. The highest BCUT2D eigenvalue weighted by Gasteiger charge is 2.21. The Morgan fingerprint density at radius 1 is 1.26 bits per heavy atom. The number of anilines is 1. The van der Waals surface area contributed by atoms with E-state index in [0.717, 1.165) is 25.0 Å². The zero-order valence-electron chi connectivity index (χ0n) is 10.9. The molecule has 0 saturated carbocycles. The minimum Gasteiger partial charge on any atom is -0.338 e. The molecule has 0 aliphatic carbocycles. The van der Waals surface area contributed by atoms with Gasteiger partial charge in [0.25, 0.3) is 0 Å². The number of unbranched alkanes of at least 4 members (excludes halogenated alkanes) is 1. The number of rotatable bonds is 4. The molecule has 19 heavy (non-hydrogen) atoms. The van der Waals surface area contributed by atoms with Crippen LogP contribution >= 0.6 is 0 Å². The molecule has 0 aliphatic rings. The Morgan fingerprint density at radius 2 is 1.84 bits per heavy atom. The van der Waals surface area contributed by atoms with Gasteiger partial charge in [-0.3, -0.25) is 9.59 Å². The van der Waals surface area contributed by atoms with E-state index < -0.39 is 29.1 Å². The first kappa shape index (κ1) is 15.1. The summed E-state index contributed by atoms with van der Waals surface area (Å²) in [6.45, 7) is 2.37. The van der Waals surface area contributed by atoms with Crippen LogP contribution in [0.15, 0.2) is 18.2 Å². The Kier molecular flexibility index (Phi) is 5.41. The van der Waals surface area contributed by atoms with Gasteiger partial charge in [0.05, 0.1) is 0 Å². The fourth-order valence-corrected chi connectivity index (χ4v) is 1.45. The van der Waals surface area contributed by atoms with Crippen molar-refractivity contribution in [1.82, 2.24) is 4.90 Å². The number of likely N-dealkylation sites (N-methyl/N-ethyl adjacent to an activating group) is 1. The second-order valence-electron chi connectivity index (χ2n) is 4.13. The molecule has 0 bridgehead atoms. The summed E-state index contributed by atoms with van der Waals surface area (Å²) in [5, 5.41) is 1.96. The average molecular weight is 270 g/mol. The number of nitrogens with zero attached hydrogens (tertiary/aromatic N) is 1. The van der Waals surface area contributed by atoms with Gasteiger partial charge in [0.1, 0.15) is 17.3 Å². The summed E-state index contributed by atoms with van der Waals surface area (Å²) in [5.41, 5.74) is -0.607. The molecule has 0 atom stereocenters. The maximum Gasteiger partial charge on any atom is 0.314 e. The van der Waals surface area contributed by atoms with Gasteiger partial charge in [-0.25, -0.2) is 8.78 Å². The number of para-hydroxylation sites is 1. The molecule has 0 heterocycles. The molecular formula is C13H16F2N2O2. The van der Waals surface area contributed by atoms with Crippen LogP contribution < -0.4 is 5.32 Å². The topological polar surface area (TPSA) is 49.4 Å². The molecule has 0 saturated heterocycles. The van der Waals surface area contributed by atoms with Gasteiger partial charge in [0, 0.05) is 13.6 Å². The molecule has 104 valence electrons. The fraction of sp³-hybridized carbons (Fsp3) is 0.385. The number of amides is 2. The van der Waals surface area contributed by atoms with Crippen molar-refractivity contribution in [3.8, 4) is 0 Å². The Hall–Kier alpha value is -1.98. The second-order valence-corrected chi connectivity index (χ2v) is 4.13. The molecule has 1 aromatic carbocycles. The predicted molar refractivity (Wildman–Crippen MR) is 67.5 cm³/mol. The standard InChI is InChI=1S/C13H16F2N2O2/c1-3-4-8-17(2)13(19)12(18)16-11-9(14)6-5-7-10(11)15/h5-7H,3-4,8H2,1-2H3,(H,16,18). The lowest BCUT2D eigenvalue weighted by molar-refractivity contribution is -0.142. The summed E-state index contributed by atoms with van der Waals surface area (Å²) in [4.78, 5) is 24.5. The smallest absolute Gasteiger partial charge is 0.314 e. The average Bonchev–Trinajstić information content (AvgIpc) is 2.39. The van der Waals surface area contributed by atoms with Crippen LogP contribution in [0.1, 0.15) is 19.8 Å². The van der Waals surface area contributed by atoms with E-state index in [-0.39, 0.29) is 0 Å². The maximum absolute atomic E-state index is 13.3. The number of hydrogen-bond donors (Lipinski definition) is 1. The molecule has 0 spiro atoms. The van der Waals surface area contributed by atoms with Gasteiger partial charge in [0.2, 0.25) is 0 Å². The van der Waals surface area contributed by atoms with E-state index in [9.17, 15) is 18.4 Å². The summed E-state index contributed by atoms with van der Waals surface area (Å²) in [6.07, 6.45) is 1.63. The van der Waals surface area contributed by atoms with E-state index >= 15 is 0 Å². The number of halogens is 2. The third-order valence-electron chi connectivity index (χ3n) is 2.59. The number of nitrogens with one attached hydrogen (secondary N) is 1. The van der Waals surface area contributed by atoms with Crippen LogP contribution in [-0.2, 0) is 9.59 Å². The first-order valence-electron chi connectivity index (χ1n) is 5.97. The third-order valence-corrected chi connectivity index (χ3v) is 2.59. The first-order chi connectivity index (χ1) is 8.97. The van der Waals surface area contributed by atoms with Crippen molar-refractivity contribution in [3.05, 3.63) is 29.8 Å². The van der Waals surface area contributed by atoms with Crippen molar-refractivity contribution in [2.45, 2.75) is 19.8 Å². The Balaban J connectivity index is 2.72. The van der Waals surface area contributed by atoms with Crippen molar-refractivity contribution in [2.24, 2.45) is 0 Å². The third kappa shape index (κ3) is 4.01.